The minimum Gasteiger partial charge on any atom is -0.491 e. The molecule has 0 unspecified atom stereocenters. The summed E-state index contributed by atoms with van der Waals surface area (Å²) >= 11 is 6.86. The summed E-state index contributed by atoms with van der Waals surface area (Å²) in [5.74, 6) is 1.56. The summed E-state index contributed by atoms with van der Waals surface area (Å²) in [4.78, 5) is 13.1. The molecule has 1 amide bonds. The SMILES string of the molecule is Cc1ccccc1OCCNC(=O)CCn1c(-c2cccs2)n[nH]c1=S. The van der Waals surface area contributed by atoms with Gasteiger partial charge in [0.15, 0.2) is 10.6 Å². The molecule has 0 aliphatic rings. The monoisotopic (exact) mass is 388 g/mol. The normalized spacial score (nSPS) is 10.7. The van der Waals surface area contributed by atoms with Gasteiger partial charge in [-0.05, 0) is 42.2 Å². The third-order valence-electron chi connectivity index (χ3n) is 3.84. The first kappa shape index (κ1) is 18.3. The molecule has 0 saturated carbocycles. The van der Waals surface area contributed by atoms with E-state index in [4.69, 9.17) is 17.0 Å². The van der Waals surface area contributed by atoms with Crippen molar-refractivity contribution in [3.63, 3.8) is 0 Å². The first-order valence-electron chi connectivity index (χ1n) is 8.29. The van der Waals surface area contributed by atoms with Crippen LogP contribution in [0.15, 0.2) is 41.8 Å². The number of aromatic amines is 1. The number of thiophene rings is 1. The minimum absolute atomic E-state index is 0.0430. The lowest BCUT2D eigenvalue weighted by Gasteiger charge is -2.10. The molecular weight excluding hydrogens is 368 g/mol. The number of hydrogen-bond acceptors (Lipinski definition) is 5. The van der Waals surface area contributed by atoms with E-state index >= 15 is 0 Å². The molecule has 0 radical (unpaired) electrons. The lowest BCUT2D eigenvalue weighted by atomic mass is 10.2. The fourth-order valence-corrected chi connectivity index (χ4v) is 3.44. The van der Waals surface area contributed by atoms with Gasteiger partial charge in [0.25, 0.3) is 0 Å². The second-order valence-electron chi connectivity index (χ2n) is 5.70. The molecule has 3 aromatic rings. The Balaban J connectivity index is 1.46. The zero-order valence-corrected chi connectivity index (χ0v) is 16.0. The predicted octanol–water partition coefficient (Wildman–Crippen LogP) is 3.56. The number of ether oxygens (including phenoxy) is 1. The molecule has 0 saturated heterocycles. The van der Waals surface area contributed by atoms with E-state index in [1.54, 1.807) is 11.3 Å². The third kappa shape index (κ3) is 4.59. The molecule has 2 aromatic heterocycles. The molecule has 1 aromatic carbocycles. The predicted molar refractivity (Wildman–Crippen MR) is 105 cm³/mol. The molecule has 3 rings (SSSR count). The van der Waals surface area contributed by atoms with Crippen LogP contribution >= 0.6 is 23.6 Å². The lowest BCUT2D eigenvalue weighted by molar-refractivity contribution is -0.121. The van der Waals surface area contributed by atoms with Gasteiger partial charge in [-0.3, -0.25) is 14.5 Å². The van der Waals surface area contributed by atoms with Crippen LogP contribution in [0.3, 0.4) is 0 Å². The lowest BCUT2D eigenvalue weighted by Crippen LogP contribution is -2.29. The maximum Gasteiger partial charge on any atom is 0.221 e. The van der Waals surface area contributed by atoms with E-state index in [0.29, 0.717) is 30.9 Å². The molecule has 0 atom stereocenters. The Kier molecular flexibility index (Phi) is 6.19. The number of aromatic nitrogens is 3. The van der Waals surface area contributed by atoms with E-state index < -0.39 is 0 Å². The highest BCUT2D eigenvalue weighted by atomic mass is 32.1. The van der Waals surface area contributed by atoms with Gasteiger partial charge in [-0.2, -0.15) is 5.10 Å². The molecule has 6 nitrogen and oxygen atoms in total. The van der Waals surface area contributed by atoms with Crippen LogP contribution in [0.25, 0.3) is 10.7 Å². The van der Waals surface area contributed by atoms with Gasteiger partial charge in [-0.1, -0.05) is 24.3 Å². The maximum atomic E-state index is 12.1. The van der Waals surface area contributed by atoms with Crippen LogP contribution in [0.2, 0.25) is 0 Å². The highest BCUT2D eigenvalue weighted by molar-refractivity contribution is 7.71. The average Bonchev–Trinajstić information content (AvgIpc) is 3.28. The highest BCUT2D eigenvalue weighted by Crippen LogP contribution is 2.22. The van der Waals surface area contributed by atoms with Crippen molar-refractivity contribution in [3.05, 3.63) is 52.1 Å². The number of amides is 1. The van der Waals surface area contributed by atoms with Gasteiger partial charge < -0.3 is 10.1 Å². The summed E-state index contributed by atoms with van der Waals surface area (Å²) in [7, 11) is 0. The number of rotatable bonds is 8. The number of carbonyl (C=O) groups excluding carboxylic acids is 1. The van der Waals surface area contributed by atoms with Crippen molar-refractivity contribution in [1.29, 1.82) is 0 Å². The van der Waals surface area contributed by atoms with E-state index in [0.717, 1.165) is 22.0 Å². The molecule has 0 bridgehead atoms. The second-order valence-corrected chi connectivity index (χ2v) is 7.03. The number of carbonyl (C=O) groups is 1. The van der Waals surface area contributed by atoms with Gasteiger partial charge in [0.2, 0.25) is 5.91 Å². The first-order chi connectivity index (χ1) is 12.6. The third-order valence-corrected chi connectivity index (χ3v) is 5.02. The minimum atomic E-state index is -0.0430. The van der Waals surface area contributed by atoms with Crippen molar-refractivity contribution < 1.29 is 9.53 Å². The summed E-state index contributed by atoms with van der Waals surface area (Å²) in [6, 6.07) is 11.8. The molecule has 8 heteroatoms. The summed E-state index contributed by atoms with van der Waals surface area (Å²) < 4.78 is 8.04. The Morgan fingerprint density at radius 2 is 2.19 bits per heavy atom. The summed E-state index contributed by atoms with van der Waals surface area (Å²) in [5, 5.41) is 11.9. The molecule has 0 aliphatic heterocycles. The number of benzene rings is 1. The Morgan fingerprint density at radius 3 is 2.96 bits per heavy atom. The van der Waals surface area contributed by atoms with Crippen molar-refractivity contribution >= 4 is 29.5 Å². The average molecular weight is 389 g/mol. The molecule has 2 N–H and O–H groups in total. The van der Waals surface area contributed by atoms with Crippen LogP contribution in [0.4, 0.5) is 0 Å². The second kappa shape index (κ2) is 8.77. The van der Waals surface area contributed by atoms with Crippen LogP contribution in [0, 0.1) is 11.7 Å². The molecule has 0 fully saturated rings. The number of H-pyrrole nitrogens is 1. The standard InChI is InChI=1S/C18H20N4O2S2/c1-13-5-2-3-6-14(13)24-11-9-19-16(23)8-10-22-17(20-21-18(22)25)15-7-4-12-26-15/h2-7,12H,8-11H2,1H3,(H,19,23)(H,21,25). The number of hydrogen-bond donors (Lipinski definition) is 2. The Hall–Kier alpha value is -2.45. The number of nitrogens with one attached hydrogen (secondary N) is 2. The summed E-state index contributed by atoms with van der Waals surface area (Å²) in [5.41, 5.74) is 1.08. The van der Waals surface area contributed by atoms with Crippen molar-refractivity contribution in [2.24, 2.45) is 0 Å². The first-order valence-corrected chi connectivity index (χ1v) is 9.58. The molecule has 26 heavy (non-hydrogen) atoms. The van der Waals surface area contributed by atoms with Gasteiger partial charge in [0.1, 0.15) is 12.4 Å². The zero-order chi connectivity index (χ0) is 18.4. The molecule has 2 heterocycles. The van der Waals surface area contributed by atoms with Crippen LogP contribution in [-0.4, -0.2) is 33.8 Å². The van der Waals surface area contributed by atoms with Gasteiger partial charge in [-0.25, -0.2) is 0 Å². The smallest absolute Gasteiger partial charge is 0.221 e. The van der Waals surface area contributed by atoms with Gasteiger partial charge in [0.05, 0.1) is 11.4 Å². The number of aryl methyl sites for hydroxylation is 1. The van der Waals surface area contributed by atoms with E-state index in [-0.39, 0.29) is 5.91 Å². The summed E-state index contributed by atoms with van der Waals surface area (Å²) in [6.07, 6.45) is 0.330. The Labute approximate surface area is 160 Å². The maximum absolute atomic E-state index is 12.1. The van der Waals surface area contributed by atoms with E-state index in [1.165, 1.54) is 0 Å². The molecule has 0 aliphatic carbocycles. The number of nitrogens with zero attached hydrogens (tertiary/aromatic N) is 2. The van der Waals surface area contributed by atoms with Crippen LogP contribution < -0.4 is 10.1 Å². The van der Waals surface area contributed by atoms with E-state index in [1.807, 2.05) is 53.3 Å². The quantitative estimate of drug-likeness (QED) is 0.457. The molecule has 136 valence electrons. The van der Waals surface area contributed by atoms with E-state index in [9.17, 15) is 4.79 Å². The van der Waals surface area contributed by atoms with Gasteiger partial charge >= 0.3 is 0 Å². The van der Waals surface area contributed by atoms with Crippen LogP contribution in [0.1, 0.15) is 12.0 Å². The molecular formula is C18H20N4O2S2. The van der Waals surface area contributed by atoms with Crippen molar-refractivity contribution in [1.82, 2.24) is 20.1 Å². The summed E-state index contributed by atoms with van der Waals surface area (Å²) in [6.45, 7) is 3.37. The fraction of sp³-hybridized carbons (Fsp3) is 0.278. The van der Waals surface area contributed by atoms with Crippen molar-refractivity contribution in [2.45, 2.75) is 19.9 Å². The van der Waals surface area contributed by atoms with Gasteiger partial charge in [-0.15, -0.1) is 11.3 Å². The molecule has 0 spiro atoms. The number of para-hydroxylation sites is 1. The zero-order valence-electron chi connectivity index (χ0n) is 14.4. The Bertz CT molecular complexity index is 915. The van der Waals surface area contributed by atoms with Crippen LogP contribution in [0.5, 0.6) is 5.75 Å². The van der Waals surface area contributed by atoms with Crippen molar-refractivity contribution in [3.8, 4) is 16.5 Å². The van der Waals surface area contributed by atoms with Crippen molar-refractivity contribution in [2.75, 3.05) is 13.2 Å². The van der Waals surface area contributed by atoms with Gasteiger partial charge in [0, 0.05) is 13.0 Å². The van der Waals surface area contributed by atoms with E-state index in [2.05, 4.69) is 15.5 Å². The highest BCUT2D eigenvalue weighted by Gasteiger charge is 2.11. The Morgan fingerprint density at radius 1 is 1.35 bits per heavy atom. The topological polar surface area (TPSA) is 71.9 Å². The fourth-order valence-electron chi connectivity index (χ4n) is 2.49. The van der Waals surface area contributed by atoms with Crippen LogP contribution in [-0.2, 0) is 11.3 Å². The largest absolute Gasteiger partial charge is 0.491 e.